The average Bonchev–Trinajstić information content (AvgIpc) is 2.92. The van der Waals surface area contributed by atoms with Gasteiger partial charge in [0, 0.05) is 29.9 Å². The number of rotatable bonds is 4. The number of benzene rings is 1. The van der Waals surface area contributed by atoms with Gasteiger partial charge in [-0.1, -0.05) is 6.92 Å². The predicted octanol–water partition coefficient (Wildman–Crippen LogP) is 4.62. The van der Waals surface area contributed by atoms with Crippen LogP contribution >= 0.6 is 11.3 Å². The van der Waals surface area contributed by atoms with Crippen molar-refractivity contribution < 1.29 is 18.0 Å². The second-order valence-corrected chi connectivity index (χ2v) is 6.73. The summed E-state index contributed by atoms with van der Waals surface area (Å²) in [6, 6.07) is 4.46. The SMILES string of the molecule is CCCN(CC)C(=O)N=c1sc(C)cn1-c1ccc(C(F)(F)F)cc1. The van der Waals surface area contributed by atoms with Gasteiger partial charge in [-0.3, -0.25) is 4.57 Å². The minimum Gasteiger partial charge on any atom is -0.323 e. The molecule has 1 aromatic carbocycles. The first-order chi connectivity index (χ1) is 11.8. The van der Waals surface area contributed by atoms with Gasteiger partial charge in [-0.25, -0.2) is 4.79 Å². The molecule has 1 aromatic heterocycles. The van der Waals surface area contributed by atoms with Crippen molar-refractivity contribution in [3.05, 3.63) is 45.7 Å². The van der Waals surface area contributed by atoms with E-state index in [2.05, 4.69) is 4.99 Å². The molecule has 0 aliphatic rings. The molecule has 0 bridgehead atoms. The van der Waals surface area contributed by atoms with Crippen molar-refractivity contribution in [2.75, 3.05) is 13.1 Å². The number of carbonyl (C=O) groups is 1. The largest absolute Gasteiger partial charge is 0.416 e. The molecular weight excluding hydrogens is 351 g/mol. The highest BCUT2D eigenvalue weighted by Crippen LogP contribution is 2.29. The highest BCUT2D eigenvalue weighted by atomic mass is 32.1. The Kier molecular flexibility index (Phi) is 6.05. The summed E-state index contributed by atoms with van der Waals surface area (Å²) in [6.45, 7) is 6.89. The lowest BCUT2D eigenvalue weighted by Gasteiger charge is -2.16. The number of urea groups is 1. The molecule has 8 heteroatoms. The Morgan fingerprint density at radius 2 is 1.88 bits per heavy atom. The van der Waals surface area contributed by atoms with Gasteiger partial charge in [0.1, 0.15) is 0 Å². The topological polar surface area (TPSA) is 37.6 Å². The van der Waals surface area contributed by atoms with Crippen LogP contribution in [0.4, 0.5) is 18.0 Å². The highest BCUT2D eigenvalue weighted by molar-refractivity contribution is 7.09. The van der Waals surface area contributed by atoms with E-state index in [4.69, 9.17) is 0 Å². The maximum atomic E-state index is 12.7. The fourth-order valence-electron chi connectivity index (χ4n) is 2.34. The van der Waals surface area contributed by atoms with Crippen molar-refractivity contribution in [3.63, 3.8) is 0 Å². The third kappa shape index (κ3) is 4.72. The van der Waals surface area contributed by atoms with E-state index in [0.717, 1.165) is 23.4 Å². The van der Waals surface area contributed by atoms with E-state index in [1.54, 1.807) is 15.7 Å². The minimum atomic E-state index is -4.38. The van der Waals surface area contributed by atoms with Crippen LogP contribution in [0, 0.1) is 6.92 Å². The number of hydrogen-bond donors (Lipinski definition) is 0. The van der Waals surface area contributed by atoms with Crippen LogP contribution in [0.2, 0.25) is 0 Å². The predicted molar refractivity (Wildman–Crippen MR) is 91.9 cm³/mol. The Bertz CT molecular complexity index is 791. The van der Waals surface area contributed by atoms with E-state index >= 15 is 0 Å². The van der Waals surface area contributed by atoms with Crippen molar-refractivity contribution in [2.45, 2.75) is 33.4 Å². The second-order valence-electron chi connectivity index (χ2n) is 5.51. The lowest BCUT2D eigenvalue weighted by molar-refractivity contribution is -0.137. The van der Waals surface area contributed by atoms with Crippen LogP contribution in [0.5, 0.6) is 0 Å². The van der Waals surface area contributed by atoms with E-state index in [0.29, 0.717) is 23.6 Å². The first kappa shape index (κ1) is 19.2. The molecule has 136 valence electrons. The molecular formula is C17H20F3N3OS. The molecule has 0 fully saturated rings. The van der Waals surface area contributed by atoms with Gasteiger partial charge in [0.05, 0.1) is 5.56 Å². The molecule has 0 aliphatic carbocycles. The first-order valence-electron chi connectivity index (χ1n) is 7.96. The Morgan fingerprint density at radius 3 is 2.40 bits per heavy atom. The maximum absolute atomic E-state index is 12.7. The smallest absolute Gasteiger partial charge is 0.323 e. The normalized spacial score (nSPS) is 12.5. The lowest BCUT2D eigenvalue weighted by Crippen LogP contribution is -2.31. The number of aryl methyl sites for hydroxylation is 1. The van der Waals surface area contributed by atoms with Crippen molar-refractivity contribution in [2.24, 2.45) is 4.99 Å². The third-order valence-electron chi connectivity index (χ3n) is 3.58. The second kappa shape index (κ2) is 7.86. The van der Waals surface area contributed by atoms with Gasteiger partial charge in [-0.05, 0) is 44.5 Å². The van der Waals surface area contributed by atoms with Gasteiger partial charge in [0.15, 0.2) is 4.80 Å². The molecule has 0 radical (unpaired) electrons. The van der Waals surface area contributed by atoms with Crippen molar-refractivity contribution in [1.82, 2.24) is 9.47 Å². The molecule has 25 heavy (non-hydrogen) atoms. The summed E-state index contributed by atoms with van der Waals surface area (Å²) in [7, 11) is 0. The summed E-state index contributed by atoms with van der Waals surface area (Å²) in [4.78, 5) is 19.5. The number of alkyl halides is 3. The first-order valence-corrected chi connectivity index (χ1v) is 8.78. The average molecular weight is 371 g/mol. The van der Waals surface area contributed by atoms with Gasteiger partial charge in [0.25, 0.3) is 0 Å². The standard InChI is InChI=1S/C17H20F3N3OS/c1-4-10-22(5-2)15(24)21-16-23(11-12(3)25-16)14-8-6-13(7-9-14)17(18,19)20/h6-9,11H,4-5,10H2,1-3H3. The molecule has 2 aromatic rings. The molecule has 2 rings (SSSR count). The van der Waals surface area contributed by atoms with Crippen LogP contribution in [0.15, 0.2) is 35.5 Å². The van der Waals surface area contributed by atoms with Crippen molar-refractivity contribution >= 4 is 17.4 Å². The van der Waals surface area contributed by atoms with Gasteiger partial charge in [0.2, 0.25) is 0 Å². The van der Waals surface area contributed by atoms with E-state index in [1.807, 2.05) is 20.8 Å². The summed E-state index contributed by atoms with van der Waals surface area (Å²) in [5, 5.41) is 0. The van der Waals surface area contributed by atoms with Crippen LogP contribution in [0.1, 0.15) is 30.7 Å². The van der Waals surface area contributed by atoms with E-state index in [-0.39, 0.29) is 6.03 Å². The lowest BCUT2D eigenvalue weighted by atomic mass is 10.2. The summed E-state index contributed by atoms with van der Waals surface area (Å²) >= 11 is 1.32. The minimum absolute atomic E-state index is 0.341. The molecule has 0 aliphatic heterocycles. The summed E-state index contributed by atoms with van der Waals surface area (Å²) in [5.41, 5.74) is -0.180. The monoisotopic (exact) mass is 371 g/mol. The summed E-state index contributed by atoms with van der Waals surface area (Å²) in [6.07, 6.45) is -1.79. The molecule has 4 nitrogen and oxygen atoms in total. The van der Waals surface area contributed by atoms with E-state index in [1.165, 1.54) is 23.5 Å². The molecule has 0 atom stereocenters. The van der Waals surface area contributed by atoms with Gasteiger partial charge in [-0.15, -0.1) is 11.3 Å². The Balaban J connectivity index is 2.41. The molecule has 0 saturated carbocycles. The van der Waals surface area contributed by atoms with Gasteiger partial charge in [-0.2, -0.15) is 18.2 Å². The molecule has 1 heterocycles. The molecule has 0 saturated heterocycles. The molecule has 0 N–H and O–H groups in total. The van der Waals surface area contributed by atoms with Crippen molar-refractivity contribution in [3.8, 4) is 5.69 Å². The number of halogens is 3. The third-order valence-corrected chi connectivity index (χ3v) is 4.48. The van der Waals surface area contributed by atoms with Gasteiger partial charge < -0.3 is 4.90 Å². The number of hydrogen-bond acceptors (Lipinski definition) is 2. The van der Waals surface area contributed by atoms with Crippen LogP contribution in [-0.4, -0.2) is 28.6 Å². The molecule has 2 amide bonds. The molecule has 0 unspecified atom stereocenters. The number of amides is 2. The van der Waals surface area contributed by atoms with Gasteiger partial charge >= 0.3 is 12.2 Å². The highest BCUT2D eigenvalue weighted by Gasteiger charge is 2.30. The summed E-state index contributed by atoms with van der Waals surface area (Å²) < 4.78 is 39.7. The number of nitrogens with zero attached hydrogens (tertiary/aromatic N) is 3. The van der Waals surface area contributed by atoms with Crippen LogP contribution in [0.25, 0.3) is 5.69 Å². The number of thiazole rings is 1. The van der Waals surface area contributed by atoms with E-state index < -0.39 is 11.7 Å². The quantitative estimate of drug-likeness (QED) is 0.773. The zero-order chi connectivity index (χ0) is 18.6. The van der Waals surface area contributed by atoms with Crippen LogP contribution in [0.3, 0.4) is 0 Å². The number of aromatic nitrogens is 1. The van der Waals surface area contributed by atoms with Crippen LogP contribution < -0.4 is 4.80 Å². The summed E-state index contributed by atoms with van der Waals surface area (Å²) in [5.74, 6) is 0. The fourth-order valence-corrected chi connectivity index (χ4v) is 3.17. The Morgan fingerprint density at radius 1 is 1.24 bits per heavy atom. The maximum Gasteiger partial charge on any atom is 0.416 e. The fraction of sp³-hybridized carbons (Fsp3) is 0.412. The molecule has 0 spiro atoms. The van der Waals surface area contributed by atoms with E-state index in [9.17, 15) is 18.0 Å². The number of carbonyl (C=O) groups excluding carboxylic acids is 1. The van der Waals surface area contributed by atoms with Crippen LogP contribution in [-0.2, 0) is 6.18 Å². The van der Waals surface area contributed by atoms with Crippen molar-refractivity contribution in [1.29, 1.82) is 0 Å². The zero-order valence-corrected chi connectivity index (χ0v) is 15.1. The Labute approximate surface area is 148 Å². The zero-order valence-electron chi connectivity index (χ0n) is 14.3. The Hall–Kier alpha value is -2.09.